The number of aliphatic hydroxyl groups excluding tert-OH is 1. The van der Waals surface area contributed by atoms with Crippen LogP contribution in [0.5, 0.6) is 0 Å². The van der Waals surface area contributed by atoms with Crippen LogP contribution in [0.3, 0.4) is 0 Å². The van der Waals surface area contributed by atoms with E-state index < -0.39 is 54.3 Å². The Balaban J connectivity index is -0.000000305. The Morgan fingerprint density at radius 1 is 0.684 bits per heavy atom. The van der Waals surface area contributed by atoms with Crippen molar-refractivity contribution < 1.29 is 53.4 Å². The Morgan fingerprint density at radius 2 is 1.17 bits per heavy atom. The maximum absolute atomic E-state index is 13.2. The van der Waals surface area contributed by atoms with Crippen molar-refractivity contribution in [2.24, 2.45) is 41.2 Å². The van der Waals surface area contributed by atoms with Crippen LogP contribution in [0.15, 0.2) is 24.3 Å². The van der Waals surface area contributed by atoms with Gasteiger partial charge in [-0.05, 0) is 103 Å². The van der Waals surface area contributed by atoms with Crippen LogP contribution >= 0.6 is 0 Å². The molecule has 0 aliphatic carbocycles. The third-order valence-electron chi connectivity index (χ3n) is 11.0. The lowest BCUT2D eigenvalue weighted by Gasteiger charge is -2.37. The average molecular weight is 1090 g/mol. The van der Waals surface area contributed by atoms with E-state index in [1.54, 1.807) is 33.0 Å². The number of esters is 1. The highest BCUT2D eigenvalue weighted by molar-refractivity contribution is 5.92. The van der Waals surface area contributed by atoms with Gasteiger partial charge < -0.3 is 55.7 Å². The Kier molecular flexibility index (Phi) is 48.0. The summed E-state index contributed by atoms with van der Waals surface area (Å²) in [6, 6.07) is -3.84. The van der Waals surface area contributed by atoms with Crippen LogP contribution < -0.4 is 21.7 Å². The highest BCUT2D eigenvalue weighted by Gasteiger charge is 2.36. The van der Waals surface area contributed by atoms with E-state index in [-0.39, 0.29) is 54.0 Å². The Hall–Kier alpha value is -4.60. The lowest BCUT2D eigenvalue weighted by atomic mass is 9.97. The van der Waals surface area contributed by atoms with Crippen LogP contribution in [-0.4, -0.2) is 194 Å². The number of aldehydes is 2. The summed E-state index contributed by atoms with van der Waals surface area (Å²) in [4.78, 5) is 101. The maximum Gasteiger partial charge on any atom is 0.322 e. The summed E-state index contributed by atoms with van der Waals surface area (Å²) in [7, 11) is 11.6. The second kappa shape index (κ2) is 45.4. The summed E-state index contributed by atoms with van der Waals surface area (Å²) in [6.45, 7) is 33.2. The quantitative estimate of drug-likeness (QED) is 0.0195. The van der Waals surface area contributed by atoms with Gasteiger partial charge in [0.2, 0.25) is 29.5 Å². The molecule has 0 bridgehead atoms. The fraction of sp³-hybridized carbons (Fsp3) is 0.786. The zero-order chi connectivity index (χ0) is 60.7. The van der Waals surface area contributed by atoms with Crippen molar-refractivity contribution in [2.75, 3.05) is 62.5 Å². The Bertz CT molecular complexity index is 1670. The number of likely N-dealkylation sites (N-methyl/N-ethyl adjacent to an activating group) is 5. The number of hydrogen-bond donors (Lipinski definition) is 6. The summed E-state index contributed by atoms with van der Waals surface area (Å²) >= 11 is 0. The fourth-order valence-electron chi connectivity index (χ4n) is 6.55. The zero-order valence-electron chi connectivity index (χ0n) is 51.7. The summed E-state index contributed by atoms with van der Waals surface area (Å²) < 4.78 is 4.49. The molecule has 7 N–H and O–H groups in total. The van der Waals surface area contributed by atoms with Crippen molar-refractivity contribution in [2.45, 2.75) is 192 Å². The number of carbonyl (C=O) groups excluding carboxylic acids is 8. The molecule has 0 aliphatic heterocycles. The fourth-order valence-corrected chi connectivity index (χ4v) is 6.55. The number of nitrogens with zero attached hydrogens (tertiary/aromatic N) is 5. The number of hydroxylamine groups is 2. The predicted molar refractivity (Wildman–Crippen MR) is 306 cm³/mol. The molecule has 0 aliphatic rings. The molecule has 7 unspecified atom stereocenters. The topological polar surface area (TPSA) is 265 Å². The molecule has 0 spiro atoms. The van der Waals surface area contributed by atoms with Crippen LogP contribution in [-0.2, 0) is 43.1 Å². The number of nitrogens with two attached hydrogens (primary N) is 1. The van der Waals surface area contributed by atoms with E-state index >= 15 is 0 Å². The lowest BCUT2D eigenvalue weighted by Crippen LogP contribution is -2.56. The molecular weight excluding hydrogens is 975 g/mol. The van der Waals surface area contributed by atoms with Crippen LogP contribution in [0.2, 0.25) is 0 Å². The molecule has 9 atom stereocenters. The molecular formula is C56H111N9O11. The van der Waals surface area contributed by atoms with Crippen LogP contribution in [0, 0.1) is 35.5 Å². The van der Waals surface area contributed by atoms with E-state index in [4.69, 9.17) is 16.0 Å². The van der Waals surface area contributed by atoms with Crippen LogP contribution in [0.25, 0.3) is 0 Å². The van der Waals surface area contributed by atoms with Gasteiger partial charge in [0.25, 0.3) is 0 Å². The van der Waals surface area contributed by atoms with Crippen molar-refractivity contribution in [3.8, 4) is 0 Å². The molecule has 0 heterocycles. The van der Waals surface area contributed by atoms with Crippen LogP contribution in [0.1, 0.15) is 143 Å². The van der Waals surface area contributed by atoms with E-state index in [9.17, 15) is 38.4 Å². The zero-order valence-corrected chi connectivity index (χ0v) is 51.7. The van der Waals surface area contributed by atoms with Gasteiger partial charge in [0.05, 0.1) is 37.8 Å². The van der Waals surface area contributed by atoms with Crippen molar-refractivity contribution >= 4 is 48.1 Å². The number of rotatable bonds is 28. The molecule has 0 radical (unpaired) electrons. The van der Waals surface area contributed by atoms with E-state index in [0.717, 1.165) is 25.0 Å². The number of allylic oxidation sites excluding steroid dienone is 3. The summed E-state index contributed by atoms with van der Waals surface area (Å²) in [6.07, 6.45) is 12.0. The van der Waals surface area contributed by atoms with Crippen molar-refractivity contribution in [1.82, 2.24) is 40.6 Å². The van der Waals surface area contributed by atoms with E-state index in [1.807, 2.05) is 80.5 Å². The normalized spacial score (nSPS) is 14.8. The van der Waals surface area contributed by atoms with Gasteiger partial charge >= 0.3 is 5.97 Å². The minimum atomic E-state index is -0.808. The summed E-state index contributed by atoms with van der Waals surface area (Å²) in [5, 5.41) is 26.4. The standard InChI is InChI=1S/C21H41N3O3.C14H26N4O4.C10H19NO.C7H15NO3.C4H10/c1-14(2)11-17(22(7)8)20(26)23(9)18(12-15(3)4)21(27)24(10)19(13-25)16(5)6;1-8(2)12(15)14(22)18(5)6-11(20)17-10(4)13(21)16-9(3)7-19;1-4-5-7-10(2)8-6-9-11(3)12;1-4-6(7(10)11-3)8-5(2)9;1-4(2)3/h13-19H,11-12H2,1-10H3;7-10,12H,6,15H2,1-5H3,(H,16,21)(H,17,20);4-6,8,10,12H,7,9H2,1-3H3;5-6,8-9H,4H2,1-3H3;4H,1-3H3/b;;5-4+,8-6?;;/t17?,18-,19?;9-,10?,12?;;;/m01.../s1. The average Bonchev–Trinajstić information content (AvgIpc) is 3.31. The number of aliphatic hydroxyl groups is 1. The molecule has 446 valence electrons. The third kappa shape index (κ3) is 40.6. The highest BCUT2D eigenvalue weighted by Crippen LogP contribution is 2.20. The van der Waals surface area contributed by atoms with Gasteiger partial charge in [0.1, 0.15) is 36.9 Å². The first-order chi connectivity index (χ1) is 34.9. The van der Waals surface area contributed by atoms with Gasteiger partial charge in [-0.15, -0.1) is 0 Å². The summed E-state index contributed by atoms with van der Waals surface area (Å²) in [5.74, 6) is 0.151. The lowest BCUT2D eigenvalue weighted by molar-refractivity contribution is -0.149. The largest absolute Gasteiger partial charge is 0.468 e. The molecule has 5 amide bonds. The van der Waals surface area contributed by atoms with Gasteiger partial charge in [-0.3, -0.25) is 39.0 Å². The molecule has 0 aromatic rings. The van der Waals surface area contributed by atoms with Crippen molar-refractivity contribution in [3.05, 3.63) is 24.3 Å². The number of nitrogens with one attached hydrogen (secondary N) is 3. The number of methoxy groups -OCH3 is 1. The Morgan fingerprint density at radius 3 is 1.54 bits per heavy atom. The summed E-state index contributed by atoms with van der Waals surface area (Å²) in [5.41, 5.74) is 5.74. The first kappa shape index (κ1) is 80.3. The minimum absolute atomic E-state index is 0.0209. The maximum atomic E-state index is 13.2. The molecule has 20 nitrogen and oxygen atoms in total. The van der Waals surface area contributed by atoms with Gasteiger partial charge in [-0.1, -0.05) is 114 Å². The van der Waals surface area contributed by atoms with Crippen molar-refractivity contribution in [1.29, 1.82) is 0 Å². The number of carbonyl (C=O) groups is 8. The van der Waals surface area contributed by atoms with E-state index in [0.29, 0.717) is 37.5 Å². The van der Waals surface area contributed by atoms with E-state index in [2.05, 4.69) is 80.5 Å². The van der Waals surface area contributed by atoms with Gasteiger partial charge in [0, 0.05) is 34.7 Å². The highest BCUT2D eigenvalue weighted by atomic mass is 16.5. The van der Waals surface area contributed by atoms with Crippen LogP contribution in [0.4, 0.5) is 0 Å². The molecule has 0 rings (SSSR count). The smallest absolute Gasteiger partial charge is 0.322 e. The predicted octanol–water partition coefficient (Wildman–Crippen LogP) is 5.15. The first-order valence-corrected chi connectivity index (χ1v) is 26.9. The van der Waals surface area contributed by atoms with Gasteiger partial charge in [-0.25, -0.2) is 0 Å². The SMILES string of the molecule is C/C=C/CC(C)C=CCN(C)O.CC(C)C.CC(C)CC(C(=O)N(C)[C@@H](CC(C)C)C(=O)N(C)C(C=O)C(C)C)N(C)C.CC(NC(=O)CN(C)C(=O)C(N)C(C)C)C(=O)N[C@H](C)C=O.CCC(NC(C)O)C(=O)OC. The number of amides is 5. The minimum Gasteiger partial charge on any atom is -0.468 e. The third-order valence-corrected chi connectivity index (χ3v) is 11.0. The number of hydrogen-bond acceptors (Lipinski definition) is 15. The molecule has 0 saturated carbocycles. The second-order valence-corrected chi connectivity index (χ2v) is 21.8. The first-order valence-electron chi connectivity index (χ1n) is 26.9. The van der Waals surface area contributed by atoms with E-state index in [1.165, 1.54) is 42.9 Å². The molecule has 20 heteroatoms. The molecule has 0 saturated heterocycles. The van der Waals surface area contributed by atoms with Crippen molar-refractivity contribution in [3.63, 3.8) is 0 Å². The second-order valence-electron chi connectivity index (χ2n) is 21.8. The molecule has 76 heavy (non-hydrogen) atoms. The Labute approximate surface area is 460 Å². The molecule has 0 fully saturated rings. The van der Waals surface area contributed by atoms with Gasteiger partial charge in [-0.2, -0.15) is 5.06 Å². The number of ether oxygens (including phenoxy) is 1. The van der Waals surface area contributed by atoms with Gasteiger partial charge in [0.15, 0.2) is 0 Å². The molecule has 0 aromatic carbocycles. The monoisotopic (exact) mass is 1090 g/mol. The molecule has 0 aromatic heterocycles.